The second-order valence-electron chi connectivity index (χ2n) is 6.06. The maximum Gasteiger partial charge on any atom is 0.138 e. The number of hydrogen-bond acceptors (Lipinski definition) is 8. The fraction of sp³-hybridized carbons (Fsp3) is 0.438. The van der Waals surface area contributed by atoms with E-state index in [-0.39, 0.29) is 6.04 Å². The average molecular weight is 361 g/mol. The zero-order valence-corrected chi connectivity index (χ0v) is 15.0. The molecular formula is C16H19N5OS2. The van der Waals surface area contributed by atoms with E-state index in [1.165, 1.54) is 0 Å². The number of aliphatic hydroxyl groups is 1. The molecule has 6 nitrogen and oxygen atoms in total. The number of aromatic nitrogens is 3. The maximum absolute atomic E-state index is 10.5. The summed E-state index contributed by atoms with van der Waals surface area (Å²) >= 11 is 3.27. The van der Waals surface area contributed by atoms with Crippen LogP contribution in [0.3, 0.4) is 0 Å². The van der Waals surface area contributed by atoms with E-state index >= 15 is 0 Å². The molecule has 1 saturated heterocycles. The Kier molecular flexibility index (Phi) is 4.45. The number of piperidine rings is 1. The Hall–Kier alpha value is -1.61. The predicted octanol–water partition coefficient (Wildman–Crippen LogP) is 2.50. The van der Waals surface area contributed by atoms with Gasteiger partial charge in [0.05, 0.1) is 28.2 Å². The number of thiophene rings is 1. The zero-order chi connectivity index (χ0) is 16.5. The molecule has 2 N–H and O–H groups in total. The lowest BCUT2D eigenvalue weighted by Crippen LogP contribution is -2.49. The van der Waals surface area contributed by atoms with E-state index in [9.17, 15) is 5.11 Å². The van der Waals surface area contributed by atoms with Crippen LogP contribution in [-0.2, 0) is 6.54 Å². The van der Waals surface area contributed by atoms with Gasteiger partial charge in [0, 0.05) is 25.0 Å². The van der Waals surface area contributed by atoms with Gasteiger partial charge in [0.2, 0.25) is 0 Å². The molecule has 1 fully saturated rings. The van der Waals surface area contributed by atoms with Crippen molar-refractivity contribution in [3.8, 4) is 0 Å². The van der Waals surface area contributed by atoms with Crippen molar-refractivity contribution in [2.45, 2.75) is 32.0 Å². The van der Waals surface area contributed by atoms with Crippen molar-refractivity contribution in [2.75, 3.05) is 18.4 Å². The van der Waals surface area contributed by atoms with E-state index in [0.717, 1.165) is 46.2 Å². The van der Waals surface area contributed by atoms with Gasteiger partial charge in [0.1, 0.15) is 17.0 Å². The molecule has 0 bridgehead atoms. The first-order valence-corrected chi connectivity index (χ1v) is 9.71. The molecule has 2 atom stereocenters. The van der Waals surface area contributed by atoms with Crippen molar-refractivity contribution in [1.29, 1.82) is 0 Å². The van der Waals surface area contributed by atoms with Gasteiger partial charge in [-0.3, -0.25) is 4.90 Å². The van der Waals surface area contributed by atoms with Crippen LogP contribution in [0, 0.1) is 6.92 Å². The van der Waals surface area contributed by atoms with E-state index in [0.29, 0.717) is 6.54 Å². The van der Waals surface area contributed by atoms with Crippen LogP contribution in [0.5, 0.6) is 0 Å². The maximum atomic E-state index is 10.5. The Morgan fingerprint density at radius 2 is 2.29 bits per heavy atom. The number of nitrogens with zero attached hydrogens (tertiary/aromatic N) is 4. The van der Waals surface area contributed by atoms with Gasteiger partial charge >= 0.3 is 0 Å². The van der Waals surface area contributed by atoms with E-state index in [1.807, 2.05) is 18.4 Å². The van der Waals surface area contributed by atoms with Gasteiger partial charge in [-0.15, -0.1) is 22.7 Å². The topological polar surface area (TPSA) is 74.2 Å². The lowest BCUT2D eigenvalue weighted by atomic mass is 10.0. The van der Waals surface area contributed by atoms with E-state index in [2.05, 4.69) is 30.5 Å². The van der Waals surface area contributed by atoms with Gasteiger partial charge in [0.25, 0.3) is 0 Å². The number of rotatable bonds is 4. The van der Waals surface area contributed by atoms with E-state index < -0.39 is 6.10 Å². The lowest BCUT2D eigenvalue weighted by molar-refractivity contribution is 0.0556. The van der Waals surface area contributed by atoms with E-state index in [1.54, 1.807) is 29.0 Å². The van der Waals surface area contributed by atoms with Crippen molar-refractivity contribution < 1.29 is 5.11 Å². The molecule has 0 saturated carbocycles. The van der Waals surface area contributed by atoms with Crippen molar-refractivity contribution in [2.24, 2.45) is 0 Å². The molecule has 0 amide bonds. The van der Waals surface area contributed by atoms with Crippen molar-refractivity contribution in [3.05, 3.63) is 33.9 Å². The summed E-state index contributed by atoms with van der Waals surface area (Å²) in [5, 5.41) is 20.2. The van der Waals surface area contributed by atoms with Crippen LogP contribution in [0.25, 0.3) is 10.2 Å². The third kappa shape index (κ3) is 3.27. The molecule has 4 heterocycles. The summed E-state index contributed by atoms with van der Waals surface area (Å²) in [6.45, 7) is 4.40. The molecule has 1 aliphatic heterocycles. The normalized spacial score (nSPS) is 22.1. The van der Waals surface area contributed by atoms with Gasteiger partial charge in [-0.05, 0) is 24.8 Å². The quantitative estimate of drug-likeness (QED) is 0.744. The van der Waals surface area contributed by atoms with Crippen LogP contribution in [0.2, 0.25) is 0 Å². The van der Waals surface area contributed by atoms with Gasteiger partial charge in [-0.2, -0.15) is 0 Å². The van der Waals surface area contributed by atoms with Crippen LogP contribution in [-0.4, -0.2) is 50.2 Å². The number of thiazole rings is 1. The summed E-state index contributed by atoms with van der Waals surface area (Å²) in [5.74, 6) is 0.814. The monoisotopic (exact) mass is 361 g/mol. The standard InChI is InChI=1S/C16H19N5OS2/c1-10-19-11(8-24-10)6-21-4-2-13(14(22)7-21)20-15-12-3-5-23-16(12)18-9-17-15/h3,5,8-9,13-14,22H,2,4,6-7H2,1H3,(H,17,18,20). The summed E-state index contributed by atoms with van der Waals surface area (Å²) in [7, 11) is 0. The van der Waals surface area contributed by atoms with Gasteiger partial charge in [-0.25, -0.2) is 15.0 Å². The number of fused-ring (bicyclic) bond motifs is 1. The Labute approximate surface area is 148 Å². The summed E-state index contributed by atoms with van der Waals surface area (Å²) in [6, 6.07) is 2.03. The SMILES string of the molecule is Cc1nc(CN2CCC(Nc3ncnc4sccc34)C(O)C2)cs1. The molecular weight excluding hydrogens is 342 g/mol. The van der Waals surface area contributed by atoms with Gasteiger partial charge < -0.3 is 10.4 Å². The third-order valence-electron chi connectivity index (χ3n) is 4.30. The Balaban J connectivity index is 1.41. The molecule has 24 heavy (non-hydrogen) atoms. The molecule has 8 heteroatoms. The fourth-order valence-electron chi connectivity index (χ4n) is 3.10. The highest BCUT2D eigenvalue weighted by Gasteiger charge is 2.28. The number of hydrogen-bond donors (Lipinski definition) is 2. The highest BCUT2D eigenvalue weighted by molar-refractivity contribution is 7.16. The van der Waals surface area contributed by atoms with Crippen molar-refractivity contribution >= 4 is 38.7 Å². The van der Waals surface area contributed by atoms with Gasteiger partial charge in [-0.1, -0.05) is 0 Å². The summed E-state index contributed by atoms with van der Waals surface area (Å²) < 4.78 is 0. The fourth-order valence-corrected chi connectivity index (χ4v) is 4.44. The summed E-state index contributed by atoms with van der Waals surface area (Å²) in [5.41, 5.74) is 1.09. The molecule has 2 unspecified atom stereocenters. The Morgan fingerprint density at radius 1 is 1.38 bits per heavy atom. The largest absolute Gasteiger partial charge is 0.390 e. The van der Waals surface area contributed by atoms with Crippen molar-refractivity contribution in [3.63, 3.8) is 0 Å². The predicted molar refractivity (Wildman–Crippen MR) is 97.6 cm³/mol. The van der Waals surface area contributed by atoms with Crippen LogP contribution >= 0.6 is 22.7 Å². The zero-order valence-electron chi connectivity index (χ0n) is 13.3. The lowest BCUT2D eigenvalue weighted by Gasteiger charge is -2.36. The molecule has 0 spiro atoms. The minimum Gasteiger partial charge on any atom is -0.390 e. The number of β-amino-alcohol motifs (C(OH)–C–C–N with tert-alkyl or cyclic N) is 1. The first-order chi connectivity index (χ1) is 11.7. The number of anilines is 1. The summed E-state index contributed by atoms with van der Waals surface area (Å²) in [6.07, 6.45) is 2.02. The van der Waals surface area contributed by atoms with Crippen LogP contribution in [0.1, 0.15) is 17.1 Å². The second-order valence-corrected chi connectivity index (χ2v) is 8.02. The number of nitrogens with one attached hydrogen (secondary N) is 1. The number of likely N-dealkylation sites (tertiary alicyclic amines) is 1. The summed E-state index contributed by atoms with van der Waals surface area (Å²) in [4.78, 5) is 16.4. The molecule has 126 valence electrons. The molecule has 0 aromatic carbocycles. The highest BCUT2D eigenvalue weighted by Crippen LogP contribution is 2.26. The first kappa shape index (κ1) is 15.9. The smallest absolute Gasteiger partial charge is 0.138 e. The molecule has 0 aliphatic carbocycles. The molecule has 1 aliphatic rings. The molecule has 4 rings (SSSR count). The van der Waals surface area contributed by atoms with Crippen LogP contribution < -0.4 is 5.32 Å². The third-order valence-corrected chi connectivity index (χ3v) is 5.95. The Bertz CT molecular complexity index is 833. The van der Waals surface area contributed by atoms with E-state index in [4.69, 9.17) is 0 Å². The van der Waals surface area contributed by atoms with Crippen molar-refractivity contribution in [1.82, 2.24) is 19.9 Å². The molecule has 3 aromatic rings. The minimum atomic E-state index is -0.429. The molecule has 0 radical (unpaired) electrons. The number of aryl methyl sites for hydroxylation is 1. The molecule has 3 aromatic heterocycles. The average Bonchev–Trinajstić information content (AvgIpc) is 3.19. The van der Waals surface area contributed by atoms with Crippen LogP contribution in [0.4, 0.5) is 5.82 Å². The number of aliphatic hydroxyl groups excluding tert-OH is 1. The van der Waals surface area contributed by atoms with Gasteiger partial charge in [0.15, 0.2) is 0 Å². The second kappa shape index (κ2) is 6.72. The Morgan fingerprint density at radius 3 is 3.08 bits per heavy atom. The minimum absolute atomic E-state index is 0.0106. The highest BCUT2D eigenvalue weighted by atomic mass is 32.1. The first-order valence-electron chi connectivity index (χ1n) is 7.95. The van der Waals surface area contributed by atoms with Crippen LogP contribution in [0.15, 0.2) is 23.2 Å².